The van der Waals surface area contributed by atoms with Gasteiger partial charge < -0.3 is 15.2 Å². The summed E-state index contributed by atoms with van der Waals surface area (Å²) in [6, 6.07) is 11.0. The smallest absolute Gasteiger partial charge is 0.191 e. The summed E-state index contributed by atoms with van der Waals surface area (Å²) >= 11 is 1.79. The van der Waals surface area contributed by atoms with E-state index in [0.717, 1.165) is 43.5 Å². The minimum atomic E-state index is 0. The van der Waals surface area contributed by atoms with E-state index in [4.69, 9.17) is 4.99 Å². The number of thiophene rings is 1. The first-order valence-corrected chi connectivity index (χ1v) is 10.9. The predicted octanol–water partition coefficient (Wildman–Crippen LogP) is 3.94. The van der Waals surface area contributed by atoms with Gasteiger partial charge in [-0.05, 0) is 50.6 Å². The Labute approximate surface area is 200 Å². The molecular weight excluding hydrogens is 507 g/mol. The maximum atomic E-state index is 4.73. The Hall–Kier alpha value is -1.94. The van der Waals surface area contributed by atoms with Crippen molar-refractivity contribution in [2.24, 2.45) is 12.0 Å². The van der Waals surface area contributed by atoms with E-state index in [1.807, 2.05) is 18.5 Å². The molecular formula is C22H31IN6S. The molecule has 0 aliphatic heterocycles. The third-order valence-corrected chi connectivity index (χ3v) is 5.73. The summed E-state index contributed by atoms with van der Waals surface area (Å²) < 4.78 is 1.97. The molecule has 0 radical (unpaired) electrons. The molecule has 1 aromatic carbocycles. The summed E-state index contributed by atoms with van der Waals surface area (Å²) in [5.74, 6) is 2.56. The van der Waals surface area contributed by atoms with Gasteiger partial charge in [0.2, 0.25) is 0 Å². The van der Waals surface area contributed by atoms with Crippen LogP contribution < -0.4 is 10.6 Å². The molecule has 0 bridgehead atoms. The fourth-order valence-electron chi connectivity index (χ4n) is 3.21. The van der Waals surface area contributed by atoms with Gasteiger partial charge in [0.15, 0.2) is 11.8 Å². The second-order valence-electron chi connectivity index (χ2n) is 7.32. The van der Waals surface area contributed by atoms with E-state index < -0.39 is 0 Å². The number of aromatic nitrogens is 3. The van der Waals surface area contributed by atoms with Gasteiger partial charge in [0.1, 0.15) is 12.4 Å². The van der Waals surface area contributed by atoms with Crippen LogP contribution in [0.5, 0.6) is 0 Å². The molecule has 2 N–H and O–H groups in total. The molecule has 162 valence electrons. The molecule has 0 saturated carbocycles. The molecule has 6 nitrogen and oxygen atoms in total. The Balaban J connectivity index is 0.00000320. The molecule has 2 heterocycles. The SMILES string of the molecule is Cc1cc(C)cc(CCNC(=NCc2nnc(C)n2C)NCCc2cccs2)c1.I. The minimum absolute atomic E-state index is 0. The predicted molar refractivity (Wildman–Crippen MR) is 136 cm³/mol. The van der Waals surface area contributed by atoms with Crippen molar-refractivity contribution in [1.82, 2.24) is 25.4 Å². The molecule has 3 rings (SSSR count). The van der Waals surface area contributed by atoms with E-state index >= 15 is 0 Å². The van der Waals surface area contributed by atoms with Gasteiger partial charge in [-0.2, -0.15) is 0 Å². The van der Waals surface area contributed by atoms with E-state index in [2.05, 4.69) is 70.4 Å². The Morgan fingerprint density at radius 1 is 1.03 bits per heavy atom. The van der Waals surface area contributed by atoms with Crippen molar-refractivity contribution in [3.05, 3.63) is 68.9 Å². The van der Waals surface area contributed by atoms with Crippen LogP contribution in [0.1, 0.15) is 33.2 Å². The lowest BCUT2D eigenvalue weighted by Gasteiger charge is -2.13. The van der Waals surface area contributed by atoms with Crippen molar-refractivity contribution < 1.29 is 0 Å². The molecule has 0 spiro atoms. The highest BCUT2D eigenvalue weighted by Crippen LogP contribution is 2.09. The number of aliphatic imine (C=N–C) groups is 1. The summed E-state index contributed by atoms with van der Waals surface area (Å²) in [6.07, 6.45) is 1.94. The zero-order chi connectivity index (χ0) is 20.6. The molecule has 0 saturated heterocycles. The first-order valence-electron chi connectivity index (χ1n) is 9.98. The van der Waals surface area contributed by atoms with Gasteiger partial charge in [-0.1, -0.05) is 35.4 Å². The molecule has 0 aliphatic rings. The van der Waals surface area contributed by atoms with Gasteiger partial charge in [0, 0.05) is 25.0 Å². The number of halogens is 1. The molecule has 0 atom stereocenters. The molecule has 0 amide bonds. The lowest BCUT2D eigenvalue weighted by Crippen LogP contribution is -2.39. The van der Waals surface area contributed by atoms with Gasteiger partial charge in [-0.15, -0.1) is 45.5 Å². The number of rotatable bonds is 8. The lowest BCUT2D eigenvalue weighted by molar-refractivity contribution is 0.746. The average molecular weight is 539 g/mol. The Kier molecular flexibility index (Phi) is 9.77. The largest absolute Gasteiger partial charge is 0.356 e. The van der Waals surface area contributed by atoms with Crippen LogP contribution in [0, 0.1) is 20.8 Å². The quantitative estimate of drug-likeness (QED) is 0.259. The minimum Gasteiger partial charge on any atom is -0.356 e. The van der Waals surface area contributed by atoms with Crippen LogP contribution in [0.25, 0.3) is 0 Å². The van der Waals surface area contributed by atoms with E-state index in [0.29, 0.717) is 6.54 Å². The second-order valence-corrected chi connectivity index (χ2v) is 8.35. The summed E-state index contributed by atoms with van der Waals surface area (Å²) in [7, 11) is 1.97. The van der Waals surface area contributed by atoms with Crippen LogP contribution in [-0.2, 0) is 26.4 Å². The first-order chi connectivity index (χ1) is 14.0. The van der Waals surface area contributed by atoms with E-state index in [9.17, 15) is 0 Å². The van der Waals surface area contributed by atoms with E-state index in [1.54, 1.807) is 11.3 Å². The van der Waals surface area contributed by atoms with Crippen molar-refractivity contribution in [3.63, 3.8) is 0 Å². The molecule has 8 heteroatoms. The Bertz CT molecular complexity index is 928. The average Bonchev–Trinajstić information content (AvgIpc) is 3.30. The van der Waals surface area contributed by atoms with Crippen LogP contribution in [0.3, 0.4) is 0 Å². The number of nitrogens with one attached hydrogen (secondary N) is 2. The zero-order valence-electron chi connectivity index (χ0n) is 18.1. The number of hydrogen-bond donors (Lipinski definition) is 2. The molecule has 0 unspecified atom stereocenters. The zero-order valence-corrected chi connectivity index (χ0v) is 21.3. The first kappa shape index (κ1) is 24.3. The molecule has 0 aliphatic carbocycles. The molecule has 2 aromatic heterocycles. The van der Waals surface area contributed by atoms with E-state index in [1.165, 1.54) is 21.6 Å². The van der Waals surface area contributed by atoms with Gasteiger partial charge >= 0.3 is 0 Å². The van der Waals surface area contributed by atoms with Crippen LogP contribution in [-0.4, -0.2) is 33.8 Å². The summed E-state index contributed by atoms with van der Waals surface area (Å²) in [6.45, 7) is 8.40. The van der Waals surface area contributed by atoms with Crippen molar-refractivity contribution in [2.45, 2.75) is 40.2 Å². The number of nitrogens with zero attached hydrogens (tertiary/aromatic N) is 4. The normalized spacial score (nSPS) is 11.3. The van der Waals surface area contributed by atoms with Crippen LogP contribution in [0.15, 0.2) is 40.7 Å². The highest BCUT2D eigenvalue weighted by atomic mass is 127. The topological polar surface area (TPSA) is 67.1 Å². The number of aryl methyl sites for hydroxylation is 3. The maximum absolute atomic E-state index is 4.73. The lowest BCUT2D eigenvalue weighted by atomic mass is 10.1. The molecule has 3 aromatic rings. The monoisotopic (exact) mass is 538 g/mol. The van der Waals surface area contributed by atoms with Crippen LogP contribution in [0.2, 0.25) is 0 Å². The van der Waals surface area contributed by atoms with Gasteiger partial charge in [-0.25, -0.2) is 4.99 Å². The van der Waals surface area contributed by atoms with Crippen molar-refractivity contribution >= 4 is 41.3 Å². The fraction of sp³-hybridized carbons (Fsp3) is 0.409. The maximum Gasteiger partial charge on any atom is 0.191 e. The standard InChI is InChI=1S/C22H30N6S.HI/c1-16-12-17(2)14-19(13-16)7-9-23-22(24-10-8-20-6-5-11-29-20)25-15-21-27-26-18(3)28(21)4;/h5-6,11-14H,7-10,15H2,1-4H3,(H2,23,24,25);1H. The highest BCUT2D eigenvalue weighted by molar-refractivity contribution is 14.0. The number of hydrogen-bond acceptors (Lipinski definition) is 4. The van der Waals surface area contributed by atoms with Gasteiger partial charge in [0.05, 0.1) is 0 Å². The molecule has 0 fully saturated rings. The van der Waals surface area contributed by atoms with Crippen LogP contribution in [0.4, 0.5) is 0 Å². The fourth-order valence-corrected chi connectivity index (χ4v) is 3.92. The summed E-state index contributed by atoms with van der Waals surface area (Å²) in [5.41, 5.74) is 3.96. The van der Waals surface area contributed by atoms with Gasteiger partial charge in [-0.3, -0.25) is 0 Å². The third-order valence-electron chi connectivity index (χ3n) is 4.79. The van der Waals surface area contributed by atoms with Gasteiger partial charge in [0.25, 0.3) is 0 Å². The van der Waals surface area contributed by atoms with Crippen LogP contribution >= 0.6 is 35.3 Å². The molecule has 30 heavy (non-hydrogen) atoms. The van der Waals surface area contributed by atoms with Crippen molar-refractivity contribution in [3.8, 4) is 0 Å². The van der Waals surface area contributed by atoms with Crippen molar-refractivity contribution in [2.75, 3.05) is 13.1 Å². The second kappa shape index (κ2) is 12.0. The highest BCUT2D eigenvalue weighted by Gasteiger charge is 2.06. The van der Waals surface area contributed by atoms with Crippen molar-refractivity contribution in [1.29, 1.82) is 0 Å². The number of guanidine groups is 1. The summed E-state index contributed by atoms with van der Waals surface area (Å²) in [4.78, 5) is 6.10. The Morgan fingerprint density at radius 3 is 2.33 bits per heavy atom. The summed E-state index contributed by atoms with van der Waals surface area (Å²) in [5, 5.41) is 17.4. The Morgan fingerprint density at radius 2 is 1.73 bits per heavy atom. The number of benzene rings is 1. The van der Waals surface area contributed by atoms with E-state index in [-0.39, 0.29) is 24.0 Å². The third kappa shape index (κ3) is 7.39.